The van der Waals surface area contributed by atoms with E-state index in [0.717, 1.165) is 25.2 Å². The van der Waals surface area contributed by atoms with E-state index >= 15 is 0 Å². The smallest absolute Gasteiger partial charge is 0.251 e. The van der Waals surface area contributed by atoms with Gasteiger partial charge in [-0.3, -0.25) is 9.69 Å². The maximum Gasteiger partial charge on any atom is 0.251 e. The van der Waals surface area contributed by atoms with Crippen molar-refractivity contribution >= 4 is 15.9 Å². The molecule has 0 atom stereocenters. The third kappa shape index (κ3) is 6.81. The Kier molecular flexibility index (Phi) is 8.57. The van der Waals surface area contributed by atoms with E-state index in [9.17, 15) is 13.2 Å². The molecule has 0 aromatic heterocycles. The normalized spacial score (nSPS) is 11.4. The van der Waals surface area contributed by atoms with Crippen LogP contribution in [0, 0.1) is 0 Å². The highest BCUT2D eigenvalue weighted by Crippen LogP contribution is 2.12. The Hall–Kier alpha value is -2.48. The Morgan fingerprint density at radius 2 is 1.72 bits per heavy atom. The first-order chi connectivity index (χ1) is 13.9. The van der Waals surface area contributed by atoms with Crippen molar-refractivity contribution in [2.45, 2.75) is 31.8 Å². The van der Waals surface area contributed by atoms with Gasteiger partial charge in [-0.25, -0.2) is 13.1 Å². The van der Waals surface area contributed by atoms with Crippen LogP contribution in [0.5, 0.6) is 0 Å². The lowest BCUT2D eigenvalue weighted by Gasteiger charge is -2.18. The van der Waals surface area contributed by atoms with E-state index in [-0.39, 0.29) is 17.3 Å². The molecular formula is C22H29N3O3S. The highest BCUT2D eigenvalue weighted by atomic mass is 32.2. The molecule has 0 radical (unpaired) electrons. The highest BCUT2D eigenvalue weighted by molar-refractivity contribution is 7.89. The van der Waals surface area contributed by atoms with Crippen molar-refractivity contribution in [2.24, 2.45) is 0 Å². The Labute approximate surface area is 173 Å². The van der Waals surface area contributed by atoms with Crippen LogP contribution in [-0.2, 0) is 23.1 Å². The maximum atomic E-state index is 12.5. The van der Waals surface area contributed by atoms with Crippen molar-refractivity contribution in [3.05, 3.63) is 77.9 Å². The third-order valence-electron chi connectivity index (χ3n) is 4.60. The quantitative estimate of drug-likeness (QED) is 0.553. The lowest BCUT2D eigenvalue weighted by molar-refractivity contribution is 0.0950. The fourth-order valence-corrected chi connectivity index (χ4v) is 3.85. The Bertz CT molecular complexity index is 921. The number of nitrogens with zero attached hydrogens (tertiary/aromatic N) is 1. The minimum atomic E-state index is -3.67. The van der Waals surface area contributed by atoms with Gasteiger partial charge in [-0.15, -0.1) is 6.58 Å². The summed E-state index contributed by atoms with van der Waals surface area (Å²) in [4.78, 5) is 14.8. The molecule has 0 spiro atoms. The van der Waals surface area contributed by atoms with Crippen molar-refractivity contribution < 1.29 is 13.2 Å². The Morgan fingerprint density at radius 3 is 2.34 bits per heavy atom. The lowest BCUT2D eigenvalue weighted by Crippen LogP contribution is -2.25. The van der Waals surface area contributed by atoms with Gasteiger partial charge in [-0.05, 0) is 42.4 Å². The Morgan fingerprint density at radius 1 is 1.07 bits per heavy atom. The van der Waals surface area contributed by atoms with E-state index in [4.69, 9.17) is 0 Å². The van der Waals surface area contributed by atoms with Gasteiger partial charge in [-0.1, -0.05) is 50.3 Å². The number of carbonyl (C=O) groups excluding carboxylic acids is 1. The van der Waals surface area contributed by atoms with Crippen molar-refractivity contribution in [3.63, 3.8) is 0 Å². The molecule has 2 aromatic rings. The molecule has 0 unspecified atom stereocenters. The molecule has 0 bridgehead atoms. The summed E-state index contributed by atoms with van der Waals surface area (Å²) in [5.41, 5.74) is 2.51. The zero-order valence-corrected chi connectivity index (χ0v) is 17.8. The second-order valence-electron chi connectivity index (χ2n) is 6.63. The molecule has 1 amide bonds. The summed E-state index contributed by atoms with van der Waals surface area (Å²) in [6, 6.07) is 14.1. The number of sulfonamides is 1. The second kappa shape index (κ2) is 10.9. The summed E-state index contributed by atoms with van der Waals surface area (Å²) < 4.78 is 26.8. The molecule has 2 aromatic carbocycles. The van der Waals surface area contributed by atoms with E-state index in [1.54, 1.807) is 12.1 Å². The molecule has 0 heterocycles. The second-order valence-corrected chi connectivity index (χ2v) is 8.40. The SMILES string of the molecule is C=CCNS(=O)(=O)c1cccc(C(=O)NCc2ccc(CN(CC)CC)cc2)c1. The number of hydrogen-bond donors (Lipinski definition) is 2. The number of rotatable bonds is 11. The summed E-state index contributed by atoms with van der Waals surface area (Å²) in [6.07, 6.45) is 1.46. The summed E-state index contributed by atoms with van der Waals surface area (Å²) >= 11 is 0. The standard InChI is InChI=1S/C22H29N3O3S/c1-4-14-24-29(27,28)21-9-7-8-20(15-21)22(26)23-16-18-10-12-19(13-11-18)17-25(5-2)6-3/h4,7-13,15,24H,1,5-6,14,16-17H2,2-3H3,(H,23,26). The number of nitrogens with one attached hydrogen (secondary N) is 2. The minimum absolute atomic E-state index is 0.0488. The van der Waals surface area contributed by atoms with Crippen LogP contribution in [0.3, 0.4) is 0 Å². The topological polar surface area (TPSA) is 78.5 Å². The van der Waals surface area contributed by atoms with Crippen LogP contribution in [-0.4, -0.2) is 38.9 Å². The van der Waals surface area contributed by atoms with Crippen LogP contribution in [0.4, 0.5) is 0 Å². The van der Waals surface area contributed by atoms with Gasteiger partial charge in [0.1, 0.15) is 0 Å². The van der Waals surface area contributed by atoms with Gasteiger partial charge >= 0.3 is 0 Å². The molecule has 7 heteroatoms. The molecule has 2 N–H and O–H groups in total. The van der Waals surface area contributed by atoms with Gasteiger partial charge in [0.25, 0.3) is 5.91 Å². The molecule has 0 aliphatic carbocycles. The van der Waals surface area contributed by atoms with Gasteiger partial charge in [0.15, 0.2) is 0 Å². The van der Waals surface area contributed by atoms with Crippen LogP contribution in [0.25, 0.3) is 0 Å². The van der Waals surface area contributed by atoms with Gasteiger partial charge in [0.05, 0.1) is 4.90 Å². The van der Waals surface area contributed by atoms with E-state index < -0.39 is 10.0 Å². The molecule has 0 aliphatic rings. The van der Waals surface area contributed by atoms with Crippen LogP contribution in [0.2, 0.25) is 0 Å². The first-order valence-corrected chi connectivity index (χ1v) is 11.2. The van der Waals surface area contributed by atoms with Gasteiger partial charge < -0.3 is 5.32 Å². The van der Waals surface area contributed by atoms with Crippen LogP contribution < -0.4 is 10.0 Å². The predicted octanol–water partition coefficient (Wildman–Crippen LogP) is 2.92. The monoisotopic (exact) mass is 415 g/mol. The lowest BCUT2D eigenvalue weighted by atomic mass is 10.1. The number of hydrogen-bond acceptors (Lipinski definition) is 4. The molecule has 6 nitrogen and oxygen atoms in total. The van der Waals surface area contributed by atoms with Crippen molar-refractivity contribution in [1.29, 1.82) is 0 Å². The molecule has 29 heavy (non-hydrogen) atoms. The molecule has 2 rings (SSSR count). The average molecular weight is 416 g/mol. The molecule has 0 saturated heterocycles. The fourth-order valence-electron chi connectivity index (χ4n) is 2.81. The number of carbonyl (C=O) groups is 1. The third-order valence-corrected chi connectivity index (χ3v) is 6.02. The molecule has 156 valence electrons. The van der Waals surface area contributed by atoms with Crippen molar-refractivity contribution in [3.8, 4) is 0 Å². The first kappa shape index (κ1) is 22.8. The average Bonchev–Trinajstić information content (AvgIpc) is 2.75. The molecule has 0 saturated carbocycles. The summed E-state index contributed by atoms with van der Waals surface area (Å²) in [7, 11) is -3.67. The maximum absolute atomic E-state index is 12.5. The predicted molar refractivity (Wildman–Crippen MR) is 116 cm³/mol. The minimum Gasteiger partial charge on any atom is -0.348 e. The van der Waals surface area contributed by atoms with Crippen LogP contribution >= 0.6 is 0 Å². The van der Waals surface area contributed by atoms with Gasteiger partial charge in [0.2, 0.25) is 10.0 Å². The van der Waals surface area contributed by atoms with Gasteiger partial charge in [0, 0.05) is 25.2 Å². The largest absolute Gasteiger partial charge is 0.348 e. The van der Waals surface area contributed by atoms with E-state index in [1.807, 2.05) is 12.1 Å². The van der Waals surface area contributed by atoms with E-state index in [2.05, 4.69) is 47.5 Å². The molecular weight excluding hydrogens is 386 g/mol. The van der Waals surface area contributed by atoms with Crippen molar-refractivity contribution in [1.82, 2.24) is 14.9 Å². The Balaban J connectivity index is 1.99. The first-order valence-electron chi connectivity index (χ1n) is 9.68. The summed E-state index contributed by atoms with van der Waals surface area (Å²) in [5.74, 6) is -0.321. The summed E-state index contributed by atoms with van der Waals surface area (Å²) in [6.45, 7) is 11.2. The number of amides is 1. The van der Waals surface area contributed by atoms with E-state index in [0.29, 0.717) is 12.1 Å². The highest BCUT2D eigenvalue weighted by Gasteiger charge is 2.15. The fraction of sp³-hybridized carbons (Fsp3) is 0.318. The number of benzene rings is 2. The van der Waals surface area contributed by atoms with Crippen LogP contribution in [0.15, 0.2) is 66.1 Å². The van der Waals surface area contributed by atoms with Crippen molar-refractivity contribution in [2.75, 3.05) is 19.6 Å². The molecule has 0 aliphatic heterocycles. The zero-order chi connectivity index (χ0) is 21.3. The summed E-state index contributed by atoms with van der Waals surface area (Å²) in [5, 5.41) is 2.84. The van der Waals surface area contributed by atoms with Gasteiger partial charge in [-0.2, -0.15) is 0 Å². The van der Waals surface area contributed by atoms with E-state index in [1.165, 1.54) is 23.8 Å². The molecule has 0 fully saturated rings. The van der Waals surface area contributed by atoms with Crippen LogP contribution in [0.1, 0.15) is 35.3 Å². The zero-order valence-electron chi connectivity index (χ0n) is 17.0.